The molecule has 0 aliphatic heterocycles. The summed E-state index contributed by atoms with van der Waals surface area (Å²) in [6.45, 7) is 2.03. The summed E-state index contributed by atoms with van der Waals surface area (Å²) < 4.78 is 5.95. The second-order valence-corrected chi connectivity index (χ2v) is 5.60. The second kappa shape index (κ2) is 6.37. The van der Waals surface area contributed by atoms with E-state index in [1.807, 2.05) is 37.3 Å². The highest BCUT2D eigenvalue weighted by molar-refractivity contribution is 9.10. The Balaban J connectivity index is 2.24. The summed E-state index contributed by atoms with van der Waals surface area (Å²) in [7, 11) is 1.53. The van der Waals surface area contributed by atoms with Crippen LogP contribution in [0.4, 0.5) is 5.69 Å². The predicted octanol–water partition coefficient (Wildman–Crippen LogP) is 4.99. The van der Waals surface area contributed by atoms with E-state index in [0.29, 0.717) is 10.8 Å². The molecule has 106 valence electrons. The highest BCUT2D eigenvalue weighted by Gasteiger charge is 2.11. The van der Waals surface area contributed by atoms with Gasteiger partial charge in [0.05, 0.1) is 22.3 Å². The Kier molecular flexibility index (Phi) is 4.78. The van der Waals surface area contributed by atoms with Crippen molar-refractivity contribution < 1.29 is 9.84 Å². The maximum Gasteiger partial charge on any atom is 0.160 e. The Hall–Kier alpha value is -1.39. The van der Waals surface area contributed by atoms with E-state index >= 15 is 0 Å². The molecule has 0 saturated heterocycles. The Morgan fingerprint density at radius 3 is 2.75 bits per heavy atom. The van der Waals surface area contributed by atoms with Crippen molar-refractivity contribution in [1.82, 2.24) is 0 Å². The van der Waals surface area contributed by atoms with Gasteiger partial charge in [0.2, 0.25) is 0 Å². The van der Waals surface area contributed by atoms with Gasteiger partial charge < -0.3 is 15.2 Å². The van der Waals surface area contributed by atoms with Crippen molar-refractivity contribution in [3.63, 3.8) is 0 Å². The normalized spacial score (nSPS) is 12.0. The summed E-state index contributed by atoms with van der Waals surface area (Å²) in [5.74, 6) is 0.591. The third-order valence-electron chi connectivity index (χ3n) is 3.03. The average molecular weight is 357 g/mol. The van der Waals surface area contributed by atoms with Gasteiger partial charge in [-0.1, -0.05) is 23.7 Å². The van der Waals surface area contributed by atoms with Crippen molar-refractivity contribution in [3.05, 3.63) is 51.5 Å². The minimum atomic E-state index is 0.0410. The van der Waals surface area contributed by atoms with E-state index in [-0.39, 0.29) is 11.8 Å². The first kappa shape index (κ1) is 15.0. The van der Waals surface area contributed by atoms with Crippen LogP contribution < -0.4 is 10.1 Å². The molecule has 20 heavy (non-hydrogen) atoms. The van der Waals surface area contributed by atoms with Crippen LogP contribution in [0.15, 0.2) is 40.9 Å². The molecule has 1 unspecified atom stereocenters. The van der Waals surface area contributed by atoms with Crippen LogP contribution in [0.5, 0.6) is 11.5 Å². The first-order valence-corrected chi connectivity index (χ1v) is 7.27. The van der Waals surface area contributed by atoms with E-state index in [0.717, 1.165) is 15.7 Å². The number of ether oxygens (including phenoxy) is 1. The molecule has 2 aromatic rings. The number of phenols is 1. The SMILES string of the molecule is COc1cc(C(C)Nc2cccc(Cl)c2Br)ccc1O. The molecule has 0 fully saturated rings. The lowest BCUT2D eigenvalue weighted by molar-refractivity contribution is 0.373. The quantitative estimate of drug-likeness (QED) is 0.811. The number of halogens is 2. The van der Waals surface area contributed by atoms with Crippen molar-refractivity contribution in [2.45, 2.75) is 13.0 Å². The smallest absolute Gasteiger partial charge is 0.160 e. The van der Waals surface area contributed by atoms with Crippen LogP contribution in [0.25, 0.3) is 0 Å². The number of rotatable bonds is 4. The average Bonchev–Trinajstić information content (AvgIpc) is 2.44. The lowest BCUT2D eigenvalue weighted by atomic mass is 10.1. The topological polar surface area (TPSA) is 41.5 Å². The van der Waals surface area contributed by atoms with Crippen LogP contribution >= 0.6 is 27.5 Å². The number of nitrogens with one attached hydrogen (secondary N) is 1. The molecular formula is C15H15BrClNO2. The Labute approximate surface area is 131 Å². The van der Waals surface area contributed by atoms with Crippen LogP contribution in [-0.4, -0.2) is 12.2 Å². The van der Waals surface area contributed by atoms with E-state index in [2.05, 4.69) is 21.2 Å². The zero-order valence-corrected chi connectivity index (χ0v) is 13.5. The molecule has 0 aliphatic carbocycles. The molecular weight excluding hydrogens is 342 g/mol. The minimum absolute atomic E-state index is 0.0410. The third kappa shape index (κ3) is 3.19. The molecule has 3 nitrogen and oxygen atoms in total. The fourth-order valence-corrected chi connectivity index (χ4v) is 2.45. The summed E-state index contributed by atoms with van der Waals surface area (Å²) in [5, 5.41) is 13.6. The van der Waals surface area contributed by atoms with Gasteiger partial charge in [0.1, 0.15) is 0 Å². The lowest BCUT2D eigenvalue weighted by Gasteiger charge is -2.18. The van der Waals surface area contributed by atoms with Gasteiger partial charge in [0.25, 0.3) is 0 Å². The van der Waals surface area contributed by atoms with Crippen LogP contribution in [0.2, 0.25) is 5.02 Å². The fourth-order valence-electron chi connectivity index (χ4n) is 1.90. The Morgan fingerprint density at radius 1 is 1.30 bits per heavy atom. The number of phenolic OH excluding ortho intramolecular Hbond substituents is 1. The maximum absolute atomic E-state index is 9.62. The molecule has 0 saturated carbocycles. The molecule has 0 aliphatic rings. The lowest BCUT2D eigenvalue weighted by Crippen LogP contribution is -2.07. The number of aromatic hydroxyl groups is 1. The molecule has 0 aromatic heterocycles. The first-order valence-electron chi connectivity index (χ1n) is 6.10. The number of benzene rings is 2. The number of hydrogen-bond donors (Lipinski definition) is 2. The van der Waals surface area contributed by atoms with Gasteiger partial charge in [-0.2, -0.15) is 0 Å². The van der Waals surface area contributed by atoms with Gasteiger partial charge in [-0.15, -0.1) is 0 Å². The largest absolute Gasteiger partial charge is 0.504 e. The van der Waals surface area contributed by atoms with Gasteiger partial charge in [0, 0.05) is 6.04 Å². The number of methoxy groups -OCH3 is 1. The van der Waals surface area contributed by atoms with Crippen LogP contribution in [0.1, 0.15) is 18.5 Å². The summed E-state index contributed by atoms with van der Waals surface area (Å²) in [5.41, 5.74) is 1.92. The van der Waals surface area contributed by atoms with Crippen LogP contribution in [-0.2, 0) is 0 Å². The number of hydrogen-bond acceptors (Lipinski definition) is 3. The highest BCUT2D eigenvalue weighted by Crippen LogP contribution is 2.34. The minimum Gasteiger partial charge on any atom is -0.504 e. The van der Waals surface area contributed by atoms with Gasteiger partial charge >= 0.3 is 0 Å². The van der Waals surface area contributed by atoms with Crippen molar-refractivity contribution in [3.8, 4) is 11.5 Å². The van der Waals surface area contributed by atoms with Gasteiger partial charge in [-0.05, 0) is 52.7 Å². The molecule has 0 spiro atoms. The first-order chi connectivity index (χ1) is 9.52. The molecule has 0 bridgehead atoms. The summed E-state index contributed by atoms with van der Waals surface area (Å²) in [4.78, 5) is 0. The molecule has 2 aromatic carbocycles. The highest BCUT2D eigenvalue weighted by atomic mass is 79.9. The zero-order valence-electron chi connectivity index (χ0n) is 11.2. The monoisotopic (exact) mass is 355 g/mol. The second-order valence-electron chi connectivity index (χ2n) is 4.40. The number of anilines is 1. The third-order valence-corrected chi connectivity index (χ3v) is 4.42. The zero-order chi connectivity index (χ0) is 14.7. The Morgan fingerprint density at radius 2 is 2.05 bits per heavy atom. The van der Waals surface area contributed by atoms with E-state index in [4.69, 9.17) is 16.3 Å². The van der Waals surface area contributed by atoms with Gasteiger partial charge in [-0.25, -0.2) is 0 Å². The molecule has 0 radical (unpaired) electrons. The Bertz CT molecular complexity index is 619. The van der Waals surface area contributed by atoms with Gasteiger partial charge in [-0.3, -0.25) is 0 Å². The van der Waals surface area contributed by atoms with Crippen molar-refractivity contribution >= 4 is 33.2 Å². The van der Waals surface area contributed by atoms with E-state index in [1.165, 1.54) is 7.11 Å². The van der Waals surface area contributed by atoms with Crippen molar-refractivity contribution in [2.24, 2.45) is 0 Å². The maximum atomic E-state index is 9.62. The standard InChI is InChI=1S/C15H15BrClNO2/c1-9(10-6-7-13(19)14(8-10)20-2)18-12-5-3-4-11(17)15(12)16/h3-9,18-19H,1-2H3. The van der Waals surface area contributed by atoms with E-state index in [1.54, 1.807) is 6.07 Å². The van der Waals surface area contributed by atoms with Crippen molar-refractivity contribution in [1.29, 1.82) is 0 Å². The predicted molar refractivity (Wildman–Crippen MR) is 85.8 cm³/mol. The molecule has 2 N–H and O–H groups in total. The molecule has 1 atom stereocenters. The summed E-state index contributed by atoms with van der Waals surface area (Å²) >= 11 is 9.53. The van der Waals surface area contributed by atoms with Crippen molar-refractivity contribution in [2.75, 3.05) is 12.4 Å². The van der Waals surface area contributed by atoms with E-state index < -0.39 is 0 Å². The molecule has 5 heteroatoms. The summed E-state index contributed by atoms with van der Waals surface area (Å²) in [6.07, 6.45) is 0. The molecule has 0 amide bonds. The van der Waals surface area contributed by atoms with E-state index in [9.17, 15) is 5.11 Å². The fraction of sp³-hybridized carbons (Fsp3) is 0.200. The summed E-state index contributed by atoms with van der Waals surface area (Å²) in [6, 6.07) is 11.0. The van der Waals surface area contributed by atoms with Gasteiger partial charge in [0.15, 0.2) is 11.5 Å². The molecule has 2 rings (SSSR count). The van der Waals surface area contributed by atoms with Crippen LogP contribution in [0, 0.1) is 0 Å². The molecule has 0 heterocycles. The van der Waals surface area contributed by atoms with Crippen LogP contribution in [0.3, 0.4) is 0 Å².